The lowest BCUT2D eigenvalue weighted by Gasteiger charge is -2.13. The van der Waals surface area contributed by atoms with Gasteiger partial charge in [-0.15, -0.1) is 11.3 Å². The molecule has 1 aliphatic heterocycles. The molecule has 4 rings (SSSR count). The van der Waals surface area contributed by atoms with Gasteiger partial charge >= 0.3 is 12.1 Å². The number of hydrogen-bond donors (Lipinski definition) is 4. The van der Waals surface area contributed by atoms with Gasteiger partial charge in [-0.25, -0.2) is 9.78 Å². The summed E-state index contributed by atoms with van der Waals surface area (Å²) in [6, 6.07) is 5.76. The molecule has 176 valence electrons. The number of thiophene rings is 1. The molecule has 3 aromatic rings. The van der Waals surface area contributed by atoms with Gasteiger partial charge in [-0.2, -0.15) is 13.2 Å². The number of nitrogens with one attached hydrogen (secondary N) is 3. The zero-order valence-electron chi connectivity index (χ0n) is 17.9. The highest BCUT2D eigenvalue weighted by Gasteiger charge is 2.38. The van der Waals surface area contributed by atoms with E-state index in [1.54, 1.807) is 11.3 Å². The normalized spacial score (nSPS) is 13.8. The van der Waals surface area contributed by atoms with Gasteiger partial charge in [0.1, 0.15) is 10.7 Å². The van der Waals surface area contributed by atoms with Gasteiger partial charge in [0.05, 0.1) is 11.4 Å². The van der Waals surface area contributed by atoms with Crippen LogP contribution in [0.25, 0.3) is 10.2 Å². The smallest absolute Gasteiger partial charge is 0.475 e. The van der Waals surface area contributed by atoms with Crippen LogP contribution in [0.15, 0.2) is 23.0 Å². The van der Waals surface area contributed by atoms with Gasteiger partial charge in [-0.1, -0.05) is 12.1 Å². The maximum Gasteiger partial charge on any atom is 0.490 e. The van der Waals surface area contributed by atoms with Gasteiger partial charge in [0.25, 0.3) is 11.5 Å². The molecular weight excluding hydrogens is 461 g/mol. The minimum absolute atomic E-state index is 0.00973. The van der Waals surface area contributed by atoms with Crippen LogP contribution in [0, 0.1) is 13.8 Å². The van der Waals surface area contributed by atoms with Crippen molar-refractivity contribution in [3.8, 4) is 0 Å². The zero-order chi connectivity index (χ0) is 24.5. The predicted molar refractivity (Wildman–Crippen MR) is 116 cm³/mol. The first-order valence-electron chi connectivity index (χ1n) is 9.82. The molecule has 33 heavy (non-hydrogen) atoms. The van der Waals surface area contributed by atoms with Gasteiger partial charge in [0, 0.05) is 23.5 Å². The fourth-order valence-electron chi connectivity index (χ4n) is 3.24. The van der Waals surface area contributed by atoms with Crippen LogP contribution < -0.4 is 16.2 Å². The third-order valence-corrected chi connectivity index (χ3v) is 6.28. The van der Waals surface area contributed by atoms with Crippen LogP contribution in [-0.4, -0.2) is 33.1 Å². The number of H-pyrrole nitrogens is 1. The molecule has 1 atom stereocenters. The third kappa shape index (κ3) is 5.40. The van der Waals surface area contributed by atoms with E-state index >= 15 is 0 Å². The van der Waals surface area contributed by atoms with E-state index in [4.69, 9.17) is 9.90 Å². The van der Waals surface area contributed by atoms with Crippen molar-refractivity contribution in [2.75, 3.05) is 0 Å². The molecule has 0 saturated heterocycles. The molecule has 0 radical (unpaired) electrons. The molecule has 1 unspecified atom stereocenters. The third-order valence-electron chi connectivity index (χ3n) is 5.18. The van der Waals surface area contributed by atoms with E-state index in [0.29, 0.717) is 24.3 Å². The second-order valence-corrected chi connectivity index (χ2v) is 8.70. The summed E-state index contributed by atoms with van der Waals surface area (Å²) in [4.78, 5) is 42.4. The topological polar surface area (TPSA) is 124 Å². The number of aliphatic carboxylic acids is 1. The Labute approximate surface area is 189 Å². The molecule has 4 N–H and O–H groups in total. The van der Waals surface area contributed by atoms with Crippen molar-refractivity contribution in [1.29, 1.82) is 0 Å². The van der Waals surface area contributed by atoms with Crippen molar-refractivity contribution in [3.63, 3.8) is 0 Å². The minimum Gasteiger partial charge on any atom is -0.475 e. The molecule has 8 nitrogen and oxygen atoms in total. The van der Waals surface area contributed by atoms with E-state index in [1.165, 1.54) is 0 Å². The molecule has 0 spiro atoms. The molecule has 2 aromatic heterocycles. The van der Waals surface area contributed by atoms with Gasteiger partial charge in [0.15, 0.2) is 0 Å². The number of aromatic nitrogens is 2. The second kappa shape index (κ2) is 9.32. The highest BCUT2D eigenvalue weighted by molar-refractivity contribution is 7.18. The molecule has 0 aliphatic carbocycles. The SMILES string of the molecule is Cc1sc2nc(C(C)NCc3ccc4c(c3)CNC4=O)[nH]c(=O)c2c1C.O=C(O)C(F)(F)F. The Bertz CT molecular complexity index is 1280. The number of carboxylic acids is 1. The van der Waals surface area contributed by atoms with Crippen LogP contribution in [0.4, 0.5) is 13.2 Å². The quantitative estimate of drug-likeness (QED) is 0.452. The number of halogens is 3. The Morgan fingerprint density at radius 1 is 1.30 bits per heavy atom. The van der Waals surface area contributed by atoms with Crippen molar-refractivity contribution < 1.29 is 27.9 Å². The van der Waals surface area contributed by atoms with Crippen molar-refractivity contribution in [1.82, 2.24) is 20.6 Å². The number of benzene rings is 1. The van der Waals surface area contributed by atoms with Crippen LogP contribution in [0.1, 0.15) is 50.7 Å². The number of rotatable bonds is 4. The van der Waals surface area contributed by atoms with Gasteiger partial charge in [-0.05, 0) is 43.5 Å². The summed E-state index contributed by atoms with van der Waals surface area (Å²) < 4.78 is 31.7. The second-order valence-electron chi connectivity index (χ2n) is 7.49. The Morgan fingerprint density at radius 3 is 2.61 bits per heavy atom. The number of carbonyl (C=O) groups is 2. The van der Waals surface area contributed by atoms with Crippen LogP contribution >= 0.6 is 11.3 Å². The lowest BCUT2D eigenvalue weighted by Crippen LogP contribution is -2.23. The number of aryl methyl sites for hydroxylation is 2. The van der Waals surface area contributed by atoms with E-state index < -0.39 is 12.1 Å². The molecule has 12 heteroatoms. The van der Waals surface area contributed by atoms with Gasteiger partial charge in [-0.3, -0.25) is 9.59 Å². The standard InChI is InChI=1S/C19H20N4O2S.C2HF3O2/c1-9-11(3)26-19-15(9)18(25)22-16(23-19)10(2)20-7-12-4-5-14-13(6-12)8-21-17(14)24;3-2(4,5)1(6)7/h4-6,10,20H,7-8H2,1-3H3,(H,21,24)(H,22,23,25);(H,6,7). The maximum absolute atomic E-state index is 12.4. The van der Waals surface area contributed by atoms with Crippen molar-refractivity contribution >= 4 is 33.4 Å². The summed E-state index contributed by atoms with van der Waals surface area (Å²) >= 11 is 1.55. The lowest BCUT2D eigenvalue weighted by atomic mass is 10.1. The van der Waals surface area contributed by atoms with Crippen LogP contribution in [0.5, 0.6) is 0 Å². The first-order valence-corrected chi connectivity index (χ1v) is 10.6. The number of nitrogens with zero attached hydrogens (tertiary/aromatic N) is 1. The number of hydrogen-bond acceptors (Lipinski definition) is 6. The summed E-state index contributed by atoms with van der Waals surface area (Å²) in [7, 11) is 0. The Kier molecular flexibility index (Phi) is 6.89. The average molecular weight is 482 g/mol. The number of fused-ring (bicyclic) bond motifs is 2. The van der Waals surface area contributed by atoms with E-state index in [-0.39, 0.29) is 17.5 Å². The highest BCUT2D eigenvalue weighted by atomic mass is 32.1. The summed E-state index contributed by atoms with van der Waals surface area (Å²) in [6.45, 7) is 7.17. The number of carbonyl (C=O) groups excluding carboxylic acids is 1. The molecule has 1 aliphatic rings. The number of carboxylic acid groups (broad SMARTS) is 1. The Hall–Kier alpha value is -3.25. The van der Waals surface area contributed by atoms with Crippen molar-refractivity contribution in [2.45, 2.75) is 46.1 Å². The van der Waals surface area contributed by atoms with E-state index in [2.05, 4.69) is 20.6 Å². The molecule has 0 saturated carbocycles. The molecule has 0 fully saturated rings. The maximum atomic E-state index is 12.4. The summed E-state index contributed by atoms with van der Waals surface area (Å²) in [5.41, 5.74) is 3.80. The lowest BCUT2D eigenvalue weighted by molar-refractivity contribution is -0.192. The fraction of sp³-hybridized carbons (Fsp3) is 0.333. The Morgan fingerprint density at radius 2 is 1.97 bits per heavy atom. The summed E-state index contributed by atoms with van der Waals surface area (Å²) in [5, 5.41) is 14.0. The first-order chi connectivity index (χ1) is 15.4. The largest absolute Gasteiger partial charge is 0.490 e. The van der Waals surface area contributed by atoms with Crippen molar-refractivity contribution in [2.24, 2.45) is 0 Å². The zero-order valence-corrected chi connectivity index (χ0v) is 18.7. The average Bonchev–Trinajstić information content (AvgIpc) is 3.25. The van der Waals surface area contributed by atoms with E-state index in [9.17, 15) is 22.8 Å². The Balaban J connectivity index is 0.000000383. The molecule has 1 aromatic carbocycles. The number of amides is 1. The van der Waals surface area contributed by atoms with E-state index in [0.717, 1.165) is 32.0 Å². The molecule has 0 bridgehead atoms. The van der Waals surface area contributed by atoms with Crippen LogP contribution in [0.3, 0.4) is 0 Å². The molecule has 3 heterocycles. The molecular formula is C21H21F3N4O4S. The van der Waals surface area contributed by atoms with Gasteiger partial charge in [0.2, 0.25) is 0 Å². The van der Waals surface area contributed by atoms with Gasteiger partial charge < -0.3 is 20.7 Å². The summed E-state index contributed by atoms with van der Waals surface area (Å²) in [5.74, 6) is -2.13. The monoisotopic (exact) mass is 482 g/mol. The summed E-state index contributed by atoms with van der Waals surface area (Å²) in [6.07, 6.45) is -5.08. The minimum atomic E-state index is -5.08. The van der Waals surface area contributed by atoms with Crippen molar-refractivity contribution in [3.05, 3.63) is 61.5 Å². The number of alkyl halides is 3. The van der Waals surface area contributed by atoms with Crippen LogP contribution in [-0.2, 0) is 17.9 Å². The predicted octanol–water partition coefficient (Wildman–Crippen LogP) is 3.33. The van der Waals surface area contributed by atoms with E-state index in [1.807, 2.05) is 39.0 Å². The highest BCUT2D eigenvalue weighted by Crippen LogP contribution is 2.26. The molecule has 1 amide bonds. The number of aromatic amines is 1. The fourth-order valence-corrected chi connectivity index (χ4v) is 4.28. The first kappa shape index (κ1) is 24.4. The van der Waals surface area contributed by atoms with Crippen LogP contribution in [0.2, 0.25) is 0 Å².